The van der Waals surface area contributed by atoms with Gasteiger partial charge in [0.15, 0.2) is 0 Å². The molecule has 0 fully saturated rings. The molecule has 1 N–H and O–H groups in total. The van der Waals surface area contributed by atoms with E-state index in [0.717, 1.165) is 11.3 Å². The van der Waals surface area contributed by atoms with Gasteiger partial charge >= 0.3 is 0 Å². The van der Waals surface area contributed by atoms with Crippen LogP contribution >= 0.6 is 23.2 Å². The largest absolute Gasteiger partial charge is 0.377 e. The SMILES string of the molecule is CC(Nc1cc(Cl)ccc1Cl)c1cccc(C#N)c1. The van der Waals surface area contributed by atoms with Crippen molar-refractivity contribution in [2.75, 3.05) is 5.32 Å². The predicted molar refractivity (Wildman–Crippen MR) is 79.7 cm³/mol. The Kier molecular flexibility index (Phi) is 4.31. The number of benzene rings is 2. The molecule has 0 radical (unpaired) electrons. The molecule has 0 aliphatic rings. The summed E-state index contributed by atoms with van der Waals surface area (Å²) in [5.74, 6) is 0. The highest BCUT2D eigenvalue weighted by Crippen LogP contribution is 2.29. The number of hydrogen-bond donors (Lipinski definition) is 1. The van der Waals surface area contributed by atoms with Crippen LogP contribution < -0.4 is 5.32 Å². The summed E-state index contributed by atoms with van der Waals surface area (Å²) in [6, 6.07) is 14.9. The van der Waals surface area contributed by atoms with Crippen LogP contribution in [-0.4, -0.2) is 0 Å². The number of hydrogen-bond acceptors (Lipinski definition) is 2. The zero-order chi connectivity index (χ0) is 13.8. The lowest BCUT2D eigenvalue weighted by Gasteiger charge is -2.17. The van der Waals surface area contributed by atoms with E-state index in [-0.39, 0.29) is 6.04 Å². The van der Waals surface area contributed by atoms with Crippen LogP contribution in [0.15, 0.2) is 42.5 Å². The third-order valence-electron chi connectivity index (χ3n) is 2.82. The standard InChI is InChI=1S/C15H12Cl2N2/c1-10(12-4-2-3-11(7-12)9-18)19-15-8-13(16)5-6-14(15)17/h2-8,10,19H,1H3. The normalized spacial score (nSPS) is 11.7. The van der Waals surface area contributed by atoms with E-state index in [4.69, 9.17) is 28.5 Å². The van der Waals surface area contributed by atoms with Crippen molar-refractivity contribution in [1.82, 2.24) is 0 Å². The van der Waals surface area contributed by atoms with Gasteiger partial charge in [0.05, 0.1) is 22.3 Å². The molecular formula is C15H12Cl2N2. The second-order valence-electron chi connectivity index (χ2n) is 4.23. The fourth-order valence-corrected chi connectivity index (χ4v) is 2.15. The Bertz CT molecular complexity index is 632. The fourth-order valence-electron chi connectivity index (χ4n) is 1.80. The third kappa shape index (κ3) is 3.41. The van der Waals surface area contributed by atoms with Gasteiger partial charge in [0.25, 0.3) is 0 Å². The minimum atomic E-state index is 0.0317. The van der Waals surface area contributed by atoms with Gasteiger partial charge in [-0.2, -0.15) is 5.26 Å². The molecule has 1 unspecified atom stereocenters. The maximum Gasteiger partial charge on any atom is 0.0991 e. The Balaban J connectivity index is 2.23. The Morgan fingerprint density at radius 2 is 1.95 bits per heavy atom. The first-order valence-corrected chi connectivity index (χ1v) is 6.57. The molecule has 0 bridgehead atoms. The van der Waals surface area contributed by atoms with E-state index in [1.165, 1.54) is 0 Å². The molecule has 0 saturated carbocycles. The summed E-state index contributed by atoms with van der Waals surface area (Å²) in [6.07, 6.45) is 0. The second-order valence-corrected chi connectivity index (χ2v) is 5.07. The van der Waals surface area contributed by atoms with Crippen LogP contribution in [0.4, 0.5) is 5.69 Å². The van der Waals surface area contributed by atoms with Gasteiger partial charge in [0, 0.05) is 11.1 Å². The molecule has 0 aliphatic carbocycles. The summed E-state index contributed by atoms with van der Waals surface area (Å²) < 4.78 is 0. The van der Waals surface area contributed by atoms with E-state index < -0.39 is 0 Å². The van der Waals surface area contributed by atoms with Gasteiger partial charge in [-0.3, -0.25) is 0 Å². The number of halogens is 2. The second kappa shape index (κ2) is 5.97. The van der Waals surface area contributed by atoms with E-state index in [9.17, 15) is 0 Å². The monoisotopic (exact) mass is 290 g/mol. The minimum absolute atomic E-state index is 0.0317. The van der Waals surface area contributed by atoms with Crippen molar-refractivity contribution >= 4 is 28.9 Å². The zero-order valence-corrected chi connectivity index (χ0v) is 11.8. The van der Waals surface area contributed by atoms with Crippen molar-refractivity contribution in [3.05, 3.63) is 63.6 Å². The fraction of sp³-hybridized carbons (Fsp3) is 0.133. The van der Waals surface area contributed by atoms with Crippen LogP contribution in [0.2, 0.25) is 10.0 Å². The molecule has 0 aliphatic heterocycles. The Hall–Kier alpha value is -1.69. The first kappa shape index (κ1) is 13.7. The highest BCUT2D eigenvalue weighted by Gasteiger charge is 2.08. The third-order valence-corrected chi connectivity index (χ3v) is 3.38. The van der Waals surface area contributed by atoms with E-state index in [0.29, 0.717) is 15.6 Å². The summed E-state index contributed by atoms with van der Waals surface area (Å²) in [7, 11) is 0. The van der Waals surface area contributed by atoms with Gasteiger partial charge < -0.3 is 5.32 Å². The van der Waals surface area contributed by atoms with Gasteiger partial charge in [-0.25, -0.2) is 0 Å². The lowest BCUT2D eigenvalue weighted by Crippen LogP contribution is -2.07. The van der Waals surface area contributed by atoms with Gasteiger partial charge in [0.1, 0.15) is 0 Å². The highest BCUT2D eigenvalue weighted by molar-refractivity contribution is 6.35. The van der Waals surface area contributed by atoms with Gasteiger partial charge in [-0.1, -0.05) is 35.3 Å². The smallest absolute Gasteiger partial charge is 0.0991 e. The van der Waals surface area contributed by atoms with Gasteiger partial charge in [0.2, 0.25) is 0 Å². The Morgan fingerprint density at radius 3 is 2.68 bits per heavy atom. The lowest BCUT2D eigenvalue weighted by atomic mass is 10.1. The van der Waals surface area contributed by atoms with Crippen LogP contribution in [0.3, 0.4) is 0 Å². The van der Waals surface area contributed by atoms with E-state index in [1.807, 2.05) is 25.1 Å². The maximum absolute atomic E-state index is 8.91. The number of nitrogens with zero attached hydrogens (tertiary/aromatic N) is 1. The lowest BCUT2D eigenvalue weighted by molar-refractivity contribution is 0.884. The molecule has 2 nitrogen and oxygen atoms in total. The predicted octanol–water partition coefficient (Wildman–Crippen LogP) is 5.04. The molecule has 0 spiro atoms. The minimum Gasteiger partial charge on any atom is -0.377 e. The topological polar surface area (TPSA) is 35.8 Å². The van der Waals surface area contributed by atoms with E-state index in [1.54, 1.807) is 24.3 Å². The van der Waals surface area contributed by atoms with Crippen molar-refractivity contribution in [1.29, 1.82) is 5.26 Å². The van der Waals surface area contributed by atoms with Crippen molar-refractivity contribution in [2.24, 2.45) is 0 Å². The summed E-state index contributed by atoms with van der Waals surface area (Å²) in [5, 5.41) is 13.4. The molecule has 96 valence electrons. The van der Waals surface area contributed by atoms with Crippen molar-refractivity contribution < 1.29 is 0 Å². The van der Waals surface area contributed by atoms with Crippen LogP contribution in [0.1, 0.15) is 24.1 Å². The molecule has 1 atom stereocenters. The summed E-state index contributed by atoms with van der Waals surface area (Å²) in [4.78, 5) is 0. The number of nitrogens with one attached hydrogen (secondary N) is 1. The average Bonchev–Trinajstić information content (AvgIpc) is 2.43. The summed E-state index contributed by atoms with van der Waals surface area (Å²) in [6.45, 7) is 2.01. The molecular weight excluding hydrogens is 279 g/mol. The van der Waals surface area contributed by atoms with E-state index >= 15 is 0 Å². The number of nitriles is 1. The maximum atomic E-state index is 8.91. The van der Waals surface area contributed by atoms with E-state index in [2.05, 4.69) is 11.4 Å². The van der Waals surface area contributed by atoms with Crippen LogP contribution in [0.25, 0.3) is 0 Å². The number of anilines is 1. The summed E-state index contributed by atoms with van der Waals surface area (Å²) >= 11 is 12.1. The van der Waals surface area contributed by atoms with Crippen molar-refractivity contribution in [3.8, 4) is 6.07 Å². The van der Waals surface area contributed by atoms with Crippen LogP contribution in [0, 0.1) is 11.3 Å². The molecule has 2 rings (SSSR count). The molecule has 2 aromatic rings. The first-order valence-electron chi connectivity index (χ1n) is 5.82. The molecule has 0 amide bonds. The quantitative estimate of drug-likeness (QED) is 0.860. The van der Waals surface area contributed by atoms with Crippen molar-refractivity contribution in [2.45, 2.75) is 13.0 Å². The molecule has 2 aromatic carbocycles. The van der Waals surface area contributed by atoms with Crippen molar-refractivity contribution in [3.63, 3.8) is 0 Å². The van der Waals surface area contributed by atoms with Crippen LogP contribution in [-0.2, 0) is 0 Å². The average molecular weight is 291 g/mol. The molecule has 0 heterocycles. The summed E-state index contributed by atoms with van der Waals surface area (Å²) in [5.41, 5.74) is 2.45. The van der Waals surface area contributed by atoms with Gasteiger partial charge in [-0.05, 0) is 42.8 Å². The molecule has 19 heavy (non-hydrogen) atoms. The first-order chi connectivity index (χ1) is 9.10. The Morgan fingerprint density at radius 1 is 1.16 bits per heavy atom. The highest BCUT2D eigenvalue weighted by atomic mass is 35.5. The molecule has 0 saturated heterocycles. The molecule has 4 heteroatoms. The molecule has 0 aromatic heterocycles. The van der Waals surface area contributed by atoms with Gasteiger partial charge in [-0.15, -0.1) is 0 Å². The Labute approximate surface area is 122 Å². The zero-order valence-electron chi connectivity index (χ0n) is 10.3. The van der Waals surface area contributed by atoms with Crippen LogP contribution in [0.5, 0.6) is 0 Å². The number of rotatable bonds is 3.